The number of hydrogen-bond acceptors (Lipinski definition) is 3. The number of nitrogens with two attached hydrogens (primary N) is 1. The molecule has 0 saturated heterocycles. The van der Waals surface area contributed by atoms with Gasteiger partial charge in [-0.1, -0.05) is 32.0 Å². The van der Waals surface area contributed by atoms with E-state index in [4.69, 9.17) is 5.73 Å². The molecule has 5 heteroatoms. The second-order valence-corrected chi connectivity index (χ2v) is 5.61. The van der Waals surface area contributed by atoms with E-state index in [-0.39, 0.29) is 5.91 Å². The van der Waals surface area contributed by atoms with E-state index in [1.54, 1.807) is 24.1 Å². The Kier molecular flexibility index (Phi) is 4.43. The fourth-order valence-corrected chi connectivity index (χ4v) is 2.30. The Labute approximate surface area is 125 Å². The largest absolute Gasteiger partial charge is 0.324 e. The molecule has 0 fully saturated rings. The third kappa shape index (κ3) is 3.31. The number of benzene rings is 1. The number of nitrogens with one attached hydrogen (secondary N) is 1. The molecule has 0 aliphatic rings. The molecule has 2 rings (SSSR count). The first-order valence-electron chi connectivity index (χ1n) is 7.04. The minimum atomic E-state index is -0.724. The molecule has 5 nitrogen and oxygen atoms in total. The first-order valence-corrected chi connectivity index (χ1v) is 7.04. The molecule has 0 spiro atoms. The highest BCUT2D eigenvalue weighted by Crippen LogP contribution is 2.28. The van der Waals surface area contributed by atoms with Crippen molar-refractivity contribution in [1.82, 2.24) is 9.78 Å². The summed E-state index contributed by atoms with van der Waals surface area (Å²) in [7, 11) is 1.80. The zero-order valence-corrected chi connectivity index (χ0v) is 12.9. The Balaban J connectivity index is 2.24. The topological polar surface area (TPSA) is 72.9 Å². The van der Waals surface area contributed by atoms with Gasteiger partial charge in [-0.15, -0.1) is 0 Å². The summed E-state index contributed by atoms with van der Waals surface area (Å²) in [4.78, 5) is 12.4. The molecule has 112 valence electrons. The van der Waals surface area contributed by atoms with E-state index in [1.165, 1.54) is 0 Å². The molecule has 2 aromatic rings. The minimum Gasteiger partial charge on any atom is -0.324 e. The van der Waals surface area contributed by atoms with Crippen LogP contribution in [0.4, 0.5) is 5.69 Å². The number of carbonyl (C=O) groups excluding carboxylic acids is 1. The summed E-state index contributed by atoms with van der Waals surface area (Å²) < 4.78 is 1.63. The van der Waals surface area contributed by atoms with Crippen LogP contribution < -0.4 is 11.1 Å². The molecule has 0 aliphatic carbocycles. The van der Waals surface area contributed by atoms with Crippen molar-refractivity contribution in [3.05, 3.63) is 47.3 Å². The number of nitrogens with zero attached hydrogens (tertiary/aromatic N) is 2. The van der Waals surface area contributed by atoms with Crippen LogP contribution in [0.1, 0.15) is 42.5 Å². The van der Waals surface area contributed by atoms with Crippen LogP contribution in [0.25, 0.3) is 0 Å². The van der Waals surface area contributed by atoms with Gasteiger partial charge < -0.3 is 11.1 Å². The maximum absolute atomic E-state index is 12.4. The van der Waals surface area contributed by atoms with Gasteiger partial charge in [0.25, 0.3) is 0 Å². The van der Waals surface area contributed by atoms with Crippen molar-refractivity contribution in [3.63, 3.8) is 0 Å². The number of carbonyl (C=O) groups is 1. The quantitative estimate of drug-likeness (QED) is 0.907. The molecule has 0 radical (unpaired) electrons. The molecule has 1 unspecified atom stereocenters. The molecule has 1 atom stereocenters. The van der Waals surface area contributed by atoms with Crippen LogP contribution in [-0.2, 0) is 11.8 Å². The third-order valence-electron chi connectivity index (χ3n) is 3.54. The van der Waals surface area contributed by atoms with E-state index < -0.39 is 6.04 Å². The molecule has 0 bridgehead atoms. The fourth-order valence-electron chi connectivity index (χ4n) is 2.30. The van der Waals surface area contributed by atoms with Gasteiger partial charge in [0.2, 0.25) is 5.91 Å². The van der Waals surface area contributed by atoms with Crippen molar-refractivity contribution < 1.29 is 4.79 Å². The lowest BCUT2D eigenvalue weighted by atomic mass is 9.98. The first-order chi connectivity index (χ1) is 9.90. The molecule has 1 amide bonds. The Morgan fingerprint density at radius 2 is 2.10 bits per heavy atom. The van der Waals surface area contributed by atoms with E-state index in [0.29, 0.717) is 11.5 Å². The molecule has 0 saturated carbocycles. The zero-order valence-electron chi connectivity index (χ0n) is 12.9. The summed E-state index contributed by atoms with van der Waals surface area (Å²) in [5.41, 5.74) is 9.72. The number of hydrogen-bond donors (Lipinski definition) is 2. The molecule has 3 N–H and O–H groups in total. The fraction of sp³-hybridized carbons (Fsp3) is 0.375. The normalized spacial score (nSPS) is 12.5. The highest BCUT2D eigenvalue weighted by molar-refractivity contribution is 5.96. The van der Waals surface area contributed by atoms with Crippen molar-refractivity contribution >= 4 is 11.6 Å². The van der Waals surface area contributed by atoms with Crippen LogP contribution in [-0.4, -0.2) is 15.7 Å². The summed E-state index contributed by atoms with van der Waals surface area (Å²) in [6.45, 7) is 6.19. The number of rotatable bonds is 4. The second kappa shape index (κ2) is 6.10. The van der Waals surface area contributed by atoms with Crippen molar-refractivity contribution in [2.75, 3.05) is 5.32 Å². The van der Waals surface area contributed by atoms with Gasteiger partial charge >= 0.3 is 0 Å². The minimum absolute atomic E-state index is 0.223. The number of aromatic nitrogens is 2. The Morgan fingerprint density at radius 3 is 2.67 bits per heavy atom. The predicted molar refractivity (Wildman–Crippen MR) is 84.0 cm³/mol. The Bertz CT molecular complexity index is 645. The van der Waals surface area contributed by atoms with E-state index in [2.05, 4.69) is 24.3 Å². The van der Waals surface area contributed by atoms with Gasteiger partial charge in [0.1, 0.15) is 6.04 Å². The van der Waals surface area contributed by atoms with Crippen molar-refractivity contribution in [1.29, 1.82) is 0 Å². The van der Waals surface area contributed by atoms with Gasteiger partial charge in [0.15, 0.2) is 0 Å². The highest BCUT2D eigenvalue weighted by atomic mass is 16.2. The van der Waals surface area contributed by atoms with Gasteiger partial charge in [-0.05, 0) is 24.0 Å². The maximum Gasteiger partial charge on any atom is 0.246 e. The highest BCUT2D eigenvalue weighted by Gasteiger charge is 2.19. The molecule has 0 aliphatic heterocycles. The Morgan fingerprint density at radius 1 is 1.38 bits per heavy atom. The van der Waals surface area contributed by atoms with Crippen molar-refractivity contribution in [2.45, 2.75) is 32.7 Å². The maximum atomic E-state index is 12.4. The molecule has 21 heavy (non-hydrogen) atoms. The number of amides is 1. The lowest BCUT2D eigenvalue weighted by molar-refractivity contribution is -0.117. The molecule has 1 aromatic heterocycles. The molecular weight excluding hydrogens is 264 g/mol. The van der Waals surface area contributed by atoms with Crippen molar-refractivity contribution in [2.24, 2.45) is 12.8 Å². The second-order valence-electron chi connectivity index (χ2n) is 5.61. The predicted octanol–water partition coefficient (Wildman–Crippen LogP) is 2.49. The molecular formula is C16H22N4O. The van der Waals surface area contributed by atoms with Crippen LogP contribution in [0.3, 0.4) is 0 Å². The monoisotopic (exact) mass is 286 g/mol. The van der Waals surface area contributed by atoms with Gasteiger partial charge in [-0.2, -0.15) is 5.10 Å². The standard InChI is InChI=1S/C16H22N4O/c1-10(2)13-7-5-6-11(3)15(13)19-16(21)14(17)12-8-18-20(4)9-12/h5-10,14H,17H2,1-4H3,(H,19,21). The lowest BCUT2D eigenvalue weighted by Gasteiger charge is -2.18. The summed E-state index contributed by atoms with van der Waals surface area (Å²) in [5, 5.41) is 7.01. The smallest absolute Gasteiger partial charge is 0.246 e. The average molecular weight is 286 g/mol. The Hall–Kier alpha value is -2.14. The third-order valence-corrected chi connectivity index (χ3v) is 3.54. The average Bonchev–Trinajstić information content (AvgIpc) is 2.86. The number of anilines is 1. The van der Waals surface area contributed by atoms with Crippen molar-refractivity contribution in [3.8, 4) is 0 Å². The van der Waals surface area contributed by atoms with Gasteiger partial charge in [-0.3, -0.25) is 9.48 Å². The SMILES string of the molecule is Cc1cccc(C(C)C)c1NC(=O)C(N)c1cnn(C)c1. The zero-order chi connectivity index (χ0) is 15.6. The summed E-state index contributed by atoms with van der Waals surface area (Å²) >= 11 is 0. The van der Waals surface area contributed by atoms with E-state index in [0.717, 1.165) is 16.8 Å². The number of aryl methyl sites for hydroxylation is 2. The number of para-hydroxylation sites is 1. The van der Waals surface area contributed by atoms with Crippen LogP contribution in [0, 0.1) is 6.92 Å². The van der Waals surface area contributed by atoms with Crippen LogP contribution in [0.5, 0.6) is 0 Å². The van der Waals surface area contributed by atoms with Crippen LogP contribution >= 0.6 is 0 Å². The summed E-state index contributed by atoms with van der Waals surface area (Å²) in [6, 6.07) is 5.29. The van der Waals surface area contributed by atoms with Gasteiger partial charge in [0, 0.05) is 24.5 Å². The van der Waals surface area contributed by atoms with E-state index >= 15 is 0 Å². The summed E-state index contributed by atoms with van der Waals surface area (Å²) in [6.07, 6.45) is 3.37. The van der Waals surface area contributed by atoms with Gasteiger partial charge in [0.05, 0.1) is 6.20 Å². The summed E-state index contributed by atoms with van der Waals surface area (Å²) in [5.74, 6) is 0.106. The first kappa shape index (κ1) is 15.3. The van der Waals surface area contributed by atoms with Crippen LogP contribution in [0.2, 0.25) is 0 Å². The van der Waals surface area contributed by atoms with Crippen LogP contribution in [0.15, 0.2) is 30.6 Å². The lowest BCUT2D eigenvalue weighted by Crippen LogP contribution is -2.28. The van der Waals surface area contributed by atoms with E-state index in [1.807, 2.05) is 25.1 Å². The molecule has 1 heterocycles. The van der Waals surface area contributed by atoms with E-state index in [9.17, 15) is 4.79 Å². The molecule has 1 aromatic carbocycles. The van der Waals surface area contributed by atoms with Gasteiger partial charge in [-0.25, -0.2) is 0 Å².